The standard InChI is InChI=1S/C20H18ClN3O3/c1-26-17-6-3-14(4-7-17)23-16-9-13(11-22-12-16)20(25)24-15-5-8-19(27-2)18(21)10-15/h3-12,23H,1-2H3,(H,24,25). The maximum atomic E-state index is 12.5. The average molecular weight is 384 g/mol. The third-order valence-electron chi connectivity index (χ3n) is 3.79. The van der Waals surface area contributed by atoms with Crippen molar-refractivity contribution < 1.29 is 14.3 Å². The summed E-state index contributed by atoms with van der Waals surface area (Å²) >= 11 is 6.09. The lowest BCUT2D eigenvalue weighted by Crippen LogP contribution is -2.12. The van der Waals surface area contributed by atoms with Gasteiger partial charge in [0.1, 0.15) is 11.5 Å². The third-order valence-corrected chi connectivity index (χ3v) is 4.08. The number of nitrogens with zero attached hydrogens (tertiary/aromatic N) is 1. The Hall–Kier alpha value is -3.25. The van der Waals surface area contributed by atoms with Gasteiger partial charge in [-0.15, -0.1) is 0 Å². The highest BCUT2D eigenvalue weighted by Gasteiger charge is 2.10. The molecular formula is C20H18ClN3O3. The zero-order valence-corrected chi connectivity index (χ0v) is 15.6. The van der Waals surface area contributed by atoms with Crippen LogP contribution in [0.15, 0.2) is 60.9 Å². The van der Waals surface area contributed by atoms with Crippen molar-refractivity contribution in [2.45, 2.75) is 0 Å². The number of carbonyl (C=O) groups excluding carboxylic acids is 1. The summed E-state index contributed by atoms with van der Waals surface area (Å²) in [7, 11) is 3.15. The fraction of sp³-hybridized carbons (Fsp3) is 0.100. The van der Waals surface area contributed by atoms with Crippen molar-refractivity contribution in [2.75, 3.05) is 24.9 Å². The van der Waals surface area contributed by atoms with Crippen molar-refractivity contribution in [1.82, 2.24) is 4.98 Å². The van der Waals surface area contributed by atoms with Gasteiger partial charge in [-0.25, -0.2) is 0 Å². The SMILES string of the molecule is COc1ccc(Nc2cncc(C(=O)Nc3ccc(OC)c(Cl)c3)c2)cc1. The summed E-state index contributed by atoms with van der Waals surface area (Å²) in [5, 5.41) is 6.42. The zero-order valence-electron chi connectivity index (χ0n) is 14.8. The Bertz CT molecular complexity index is 945. The Kier molecular flexibility index (Phi) is 5.78. The molecule has 0 saturated heterocycles. The van der Waals surface area contributed by atoms with Crippen molar-refractivity contribution in [1.29, 1.82) is 0 Å². The van der Waals surface area contributed by atoms with E-state index in [0.29, 0.717) is 27.7 Å². The third kappa shape index (κ3) is 4.68. The van der Waals surface area contributed by atoms with Crippen molar-refractivity contribution in [2.24, 2.45) is 0 Å². The van der Waals surface area contributed by atoms with E-state index < -0.39 is 0 Å². The van der Waals surface area contributed by atoms with E-state index in [1.54, 1.807) is 37.6 Å². The predicted octanol–water partition coefficient (Wildman–Crippen LogP) is 4.75. The summed E-state index contributed by atoms with van der Waals surface area (Å²) in [6.07, 6.45) is 3.14. The number of pyridine rings is 1. The van der Waals surface area contributed by atoms with Gasteiger partial charge in [0.15, 0.2) is 0 Å². The Balaban J connectivity index is 1.72. The summed E-state index contributed by atoms with van der Waals surface area (Å²) in [5.41, 5.74) is 2.54. The molecule has 1 aromatic heterocycles. The van der Waals surface area contributed by atoms with E-state index in [1.165, 1.54) is 13.3 Å². The van der Waals surface area contributed by atoms with Gasteiger partial charge in [-0.3, -0.25) is 9.78 Å². The molecule has 3 rings (SSSR count). The summed E-state index contributed by atoms with van der Waals surface area (Å²) in [6.45, 7) is 0. The molecule has 0 fully saturated rings. The highest BCUT2D eigenvalue weighted by atomic mass is 35.5. The van der Waals surface area contributed by atoms with E-state index in [9.17, 15) is 4.79 Å². The largest absolute Gasteiger partial charge is 0.497 e. The molecule has 0 atom stereocenters. The second kappa shape index (κ2) is 8.42. The number of amides is 1. The van der Waals surface area contributed by atoms with Gasteiger partial charge in [0.2, 0.25) is 0 Å². The minimum atomic E-state index is -0.290. The lowest BCUT2D eigenvalue weighted by molar-refractivity contribution is 0.102. The fourth-order valence-corrected chi connectivity index (χ4v) is 2.68. The maximum Gasteiger partial charge on any atom is 0.257 e. The summed E-state index contributed by atoms with van der Waals surface area (Å²) in [4.78, 5) is 16.6. The first-order valence-corrected chi connectivity index (χ1v) is 8.48. The molecule has 0 aliphatic rings. The first kappa shape index (κ1) is 18.5. The first-order chi connectivity index (χ1) is 13.1. The second-order valence-electron chi connectivity index (χ2n) is 5.62. The number of nitrogens with one attached hydrogen (secondary N) is 2. The predicted molar refractivity (Wildman–Crippen MR) is 106 cm³/mol. The smallest absolute Gasteiger partial charge is 0.257 e. The molecule has 3 aromatic rings. The Labute approximate surface area is 162 Å². The van der Waals surface area contributed by atoms with Crippen LogP contribution in [0.4, 0.5) is 17.1 Å². The molecule has 0 bridgehead atoms. The molecule has 138 valence electrons. The number of carbonyl (C=O) groups is 1. The van der Waals surface area contributed by atoms with Gasteiger partial charge in [-0.2, -0.15) is 0 Å². The normalized spacial score (nSPS) is 10.2. The van der Waals surface area contributed by atoms with Crippen LogP contribution in [0, 0.1) is 0 Å². The van der Waals surface area contributed by atoms with Crippen molar-refractivity contribution in [3.05, 3.63) is 71.5 Å². The minimum absolute atomic E-state index is 0.290. The van der Waals surface area contributed by atoms with E-state index >= 15 is 0 Å². The highest BCUT2D eigenvalue weighted by Crippen LogP contribution is 2.27. The van der Waals surface area contributed by atoms with Crippen LogP contribution in [-0.2, 0) is 0 Å². The van der Waals surface area contributed by atoms with Crippen LogP contribution in [0.2, 0.25) is 5.02 Å². The minimum Gasteiger partial charge on any atom is -0.497 e. The van der Waals surface area contributed by atoms with E-state index in [0.717, 1.165) is 11.4 Å². The van der Waals surface area contributed by atoms with Crippen LogP contribution < -0.4 is 20.1 Å². The van der Waals surface area contributed by atoms with Gasteiger partial charge < -0.3 is 20.1 Å². The van der Waals surface area contributed by atoms with E-state index in [1.807, 2.05) is 24.3 Å². The molecule has 27 heavy (non-hydrogen) atoms. The number of rotatable bonds is 6. The monoisotopic (exact) mass is 383 g/mol. The highest BCUT2D eigenvalue weighted by molar-refractivity contribution is 6.32. The number of hydrogen-bond donors (Lipinski definition) is 2. The molecule has 0 unspecified atom stereocenters. The molecule has 0 radical (unpaired) electrons. The van der Waals surface area contributed by atoms with Crippen molar-refractivity contribution in [3.8, 4) is 11.5 Å². The molecule has 2 aromatic carbocycles. The molecule has 1 amide bonds. The number of halogens is 1. The van der Waals surface area contributed by atoms with Crippen LogP contribution in [0.25, 0.3) is 0 Å². The summed E-state index contributed by atoms with van der Waals surface area (Å²) in [5.74, 6) is 1.02. The number of anilines is 3. The zero-order chi connectivity index (χ0) is 19.2. The molecule has 6 nitrogen and oxygen atoms in total. The lowest BCUT2D eigenvalue weighted by Gasteiger charge is -2.10. The fourth-order valence-electron chi connectivity index (χ4n) is 2.42. The van der Waals surface area contributed by atoms with Crippen LogP contribution in [0.1, 0.15) is 10.4 Å². The molecular weight excluding hydrogens is 366 g/mol. The van der Waals surface area contributed by atoms with Crippen LogP contribution >= 0.6 is 11.6 Å². The molecule has 0 aliphatic carbocycles. The topological polar surface area (TPSA) is 72.5 Å². The van der Waals surface area contributed by atoms with Crippen LogP contribution in [-0.4, -0.2) is 25.1 Å². The van der Waals surface area contributed by atoms with E-state index in [4.69, 9.17) is 21.1 Å². The summed E-state index contributed by atoms with van der Waals surface area (Å²) < 4.78 is 10.2. The lowest BCUT2D eigenvalue weighted by atomic mass is 10.2. The van der Waals surface area contributed by atoms with Gasteiger partial charge >= 0.3 is 0 Å². The van der Waals surface area contributed by atoms with E-state index in [-0.39, 0.29) is 5.91 Å². The van der Waals surface area contributed by atoms with E-state index in [2.05, 4.69) is 15.6 Å². The molecule has 2 N–H and O–H groups in total. The Morgan fingerprint density at radius 2 is 1.67 bits per heavy atom. The van der Waals surface area contributed by atoms with Gasteiger partial charge in [-0.1, -0.05) is 11.6 Å². The number of hydrogen-bond acceptors (Lipinski definition) is 5. The van der Waals surface area contributed by atoms with Gasteiger partial charge in [-0.05, 0) is 48.5 Å². The van der Waals surface area contributed by atoms with Crippen molar-refractivity contribution in [3.63, 3.8) is 0 Å². The average Bonchev–Trinajstić information content (AvgIpc) is 2.69. The molecule has 0 aliphatic heterocycles. The first-order valence-electron chi connectivity index (χ1n) is 8.10. The molecule has 0 saturated carbocycles. The van der Waals surface area contributed by atoms with Gasteiger partial charge in [0, 0.05) is 17.6 Å². The molecule has 0 spiro atoms. The van der Waals surface area contributed by atoms with Gasteiger partial charge in [0.05, 0.1) is 36.7 Å². The number of methoxy groups -OCH3 is 2. The quantitative estimate of drug-likeness (QED) is 0.642. The Morgan fingerprint density at radius 3 is 2.33 bits per heavy atom. The van der Waals surface area contributed by atoms with Crippen LogP contribution in [0.5, 0.6) is 11.5 Å². The van der Waals surface area contributed by atoms with Crippen molar-refractivity contribution >= 4 is 34.6 Å². The number of aromatic nitrogens is 1. The maximum absolute atomic E-state index is 12.5. The molecule has 7 heteroatoms. The number of benzene rings is 2. The van der Waals surface area contributed by atoms with Crippen LogP contribution in [0.3, 0.4) is 0 Å². The Morgan fingerprint density at radius 1 is 0.926 bits per heavy atom. The molecule has 1 heterocycles. The summed E-state index contributed by atoms with van der Waals surface area (Å²) in [6, 6.07) is 14.2. The van der Waals surface area contributed by atoms with Gasteiger partial charge in [0.25, 0.3) is 5.91 Å². The number of ether oxygens (including phenoxy) is 2. The second-order valence-corrected chi connectivity index (χ2v) is 6.03.